The number of thiazole rings is 1. The molecule has 0 spiro atoms. The van der Waals surface area contributed by atoms with Crippen molar-refractivity contribution in [3.63, 3.8) is 0 Å². The Labute approximate surface area is 111 Å². The lowest BCUT2D eigenvalue weighted by atomic mass is 10.1. The fourth-order valence-electron chi connectivity index (χ4n) is 1.87. The lowest BCUT2D eigenvalue weighted by Crippen LogP contribution is -2.22. The van der Waals surface area contributed by atoms with Gasteiger partial charge in [0.15, 0.2) is 0 Å². The van der Waals surface area contributed by atoms with E-state index in [2.05, 4.69) is 29.5 Å². The Bertz CT molecular complexity index is 507. The van der Waals surface area contributed by atoms with Crippen LogP contribution in [0.2, 0.25) is 0 Å². The van der Waals surface area contributed by atoms with E-state index in [1.807, 2.05) is 19.1 Å². The quantitative estimate of drug-likeness (QED) is 0.902. The molecule has 1 aromatic heterocycles. The number of rotatable bonds is 4. The molecule has 1 heterocycles. The summed E-state index contributed by atoms with van der Waals surface area (Å²) in [5, 5.41) is 6.61. The van der Waals surface area contributed by atoms with E-state index >= 15 is 0 Å². The van der Waals surface area contributed by atoms with Gasteiger partial charge in [0, 0.05) is 17.1 Å². The average Bonchev–Trinajstić information content (AvgIpc) is 2.76. The van der Waals surface area contributed by atoms with E-state index in [0.717, 1.165) is 16.3 Å². The van der Waals surface area contributed by atoms with Crippen molar-refractivity contribution in [1.29, 1.82) is 0 Å². The van der Waals surface area contributed by atoms with Gasteiger partial charge in [-0.25, -0.2) is 9.37 Å². The molecule has 1 aromatic carbocycles. The highest BCUT2D eigenvalue weighted by Crippen LogP contribution is 2.22. The van der Waals surface area contributed by atoms with E-state index in [-0.39, 0.29) is 17.9 Å². The third-order valence-electron chi connectivity index (χ3n) is 2.88. The number of hydrogen-bond donors (Lipinski definition) is 1. The molecule has 0 fully saturated rings. The molecular formula is C14H17FN2S. The predicted molar refractivity (Wildman–Crippen MR) is 73.2 cm³/mol. The molecule has 0 aliphatic carbocycles. The molecule has 1 N–H and O–H groups in total. The minimum atomic E-state index is -0.199. The van der Waals surface area contributed by atoms with Gasteiger partial charge in [0.05, 0.1) is 6.04 Å². The SMILES string of the molecule is Cc1csc(C(C)NC(C)c2ccc(F)cc2)n1. The predicted octanol–water partition coefficient (Wildman–Crippen LogP) is 4.00. The zero-order valence-corrected chi connectivity index (χ0v) is 11.6. The van der Waals surface area contributed by atoms with Crippen molar-refractivity contribution in [3.05, 3.63) is 51.7 Å². The number of aromatic nitrogens is 1. The van der Waals surface area contributed by atoms with E-state index in [0.29, 0.717) is 0 Å². The second kappa shape index (κ2) is 5.59. The summed E-state index contributed by atoms with van der Waals surface area (Å²) in [6, 6.07) is 6.98. The highest BCUT2D eigenvalue weighted by atomic mass is 32.1. The van der Waals surface area contributed by atoms with Gasteiger partial charge < -0.3 is 5.32 Å². The molecule has 0 radical (unpaired) electrons. The Kier molecular flexibility index (Phi) is 4.09. The molecule has 0 amide bonds. The largest absolute Gasteiger partial charge is 0.302 e. The van der Waals surface area contributed by atoms with Crippen LogP contribution in [-0.4, -0.2) is 4.98 Å². The maximum Gasteiger partial charge on any atom is 0.123 e. The number of nitrogens with one attached hydrogen (secondary N) is 1. The molecule has 0 aliphatic heterocycles. The fraction of sp³-hybridized carbons (Fsp3) is 0.357. The zero-order valence-electron chi connectivity index (χ0n) is 10.8. The lowest BCUT2D eigenvalue weighted by molar-refractivity contribution is 0.492. The summed E-state index contributed by atoms with van der Waals surface area (Å²) in [6.45, 7) is 6.17. The monoisotopic (exact) mass is 264 g/mol. The second-order valence-electron chi connectivity index (χ2n) is 4.49. The third-order valence-corrected chi connectivity index (χ3v) is 4.02. The van der Waals surface area contributed by atoms with Crippen molar-refractivity contribution in [2.75, 3.05) is 0 Å². The molecule has 96 valence electrons. The van der Waals surface area contributed by atoms with E-state index < -0.39 is 0 Å². The molecule has 0 saturated heterocycles. The molecule has 0 bridgehead atoms. The minimum Gasteiger partial charge on any atom is -0.302 e. The second-order valence-corrected chi connectivity index (χ2v) is 5.38. The Morgan fingerprint density at radius 3 is 2.39 bits per heavy atom. The zero-order chi connectivity index (χ0) is 13.1. The fourth-order valence-corrected chi connectivity index (χ4v) is 2.68. The number of benzene rings is 1. The van der Waals surface area contributed by atoms with Crippen LogP contribution in [0.15, 0.2) is 29.6 Å². The summed E-state index contributed by atoms with van der Waals surface area (Å²) in [5.74, 6) is -0.199. The van der Waals surface area contributed by atoms with Gasteiger partial charge in [-0.3, -0.25) is 0 Å². The van der Waals surface area contributed by atoms with E-state index in [1.165, 1.54) is 12.1 Å². The molecule has 2 rings (SSSR count). The van der Waals surface area contributed by atoms with Gasteiger partial charge in [-0.05, 0) is 38.5 Å². The van der Waals surface area contributed by atoms with Gasteiger partial charge in [-0.2, -0.15) is 0 Å². The minimum absolute atomic E-state index is 0.171. The molecule has 2 nitrogen and oxygen atoms in total. The van der Waals surface area contributed by atoms with Crippen LogP contribution in [0, 0.1) is 12.7 Å². The topological polar surface area (TPSA) is 24.9 Å². The smallest absolute Gasteiger partial charge is 0.123 e. The Morgan fingerprint density at radius 2 is 1.83 bits per heavy atom. The molecule has 4 heteroatoms. The maximum absolute atomic E-state index is 12.9. The first-order chi connectivity index (χ1) is 8.56. The van der Waals surface area contributed by atoms with Crippen molar-refractivity contribution in [1.82, 2.24) is 10.3 Å². The van der Waals surface area contributed by atoms with Crippen LogP contribution in [-0.2, 0) is 0 Å². The number of aryl methyl sites for hydroxylation is 1. The van der Waals surface area contributed by atoms with E-state index in [1.54, 1.807) is 11.3 Å². The third kappa shape index (κ3) is 3.15. The van der Waals surface area contributed by atoms with Crippen LogP contribution in [0.1, 0.15) is 42.2 Å². The van der Waals surface area contributed by atoms with Crippen LogP contribution in [0.5, 0.6) is 0 Å². The summed E-state index contributed by atoms with van der Waals surface area (Å²) < 4.78 is 12.9. The van der Waals surface area contributed by atoms with E-state index in [9.17, 15) is 4.39 Å². The van der Waals surface area contributed by atoms with Gasteiger partial charge in [0.25, 0.3) is 0 Å². The van der Waals surface area contributed by atoms with Gasteiger partial charge in [-0.1, -0.05) is 12.1 Å². The Hall–Kier alpha value is -1.26. The first-order valence-electron chi connectivity index (χ1n) is 6.00. The summed E-state index contributed by atoms with van der Waals surface area (Å²) in [6.07, 6.45) is 0. The molecule has 2 atom stereocenters. The Balaban J connectivity index is 2.02. The van der Waals surface area contributed by atoms with Gasteiger partial charge in [0.1, 0.15) is 10.8 Å². The van der Waals surface area contributed by atoms with Crippen molar-refractivity contribution in [3.8, 4) is 0 Å². The molecule has 18 heavy (non-hydrogen) atoms. The van der Waals surface area contributed by atoms with Gasteiger partial charge in [-0.15, -0.1) is 11.3 Å². The normalized spacial score (nSPS) is 14.4. The summed E-state index contributed by atoms with van der Waals surface area (Å²) in [5.41, 5.74) is 2.13. The summed E-state index contributed by atoms with van der Waals surface area (Å²) in [7, 11) is 0. The van der Waals surface area contributed by atoms with Gasteiger partial charge in [0.2, 0.25) is 0 Å². The van der Waals surface area contributed by atoms with Crippen molar-refractivity contribution < 1.29 is 4.39 Å². The van der Waals surface area contributed by atoms with Crippen molar-refractivity contribution in [2.24, 2.45) is 0 Å². The number of nitrogens with zero attached hydrogens (tertiary/aromatic N) is 1. The molecule has 2 unspecified atom stereocenters. The van der Waals surface area contributed by atoms with Crippen molar-refractivity contribution in [2.45, 2.75) is 32.9 Å². The highest BCUT2D eigenvalue weighted by Gasteiger charge is 2.13. The van der Waals surface area contributed by atoms with E-state index in [4.69, 9.17) is 0 Å². The first kappa shape index (κ1) is 13.2. The average molecular weight is 264 g/mol. The highest BCUT2D eigenvalue weighted by molar-refractivity contribution is 7.09. The Morgan fingerprint density at radius 1 is 1.17 bits per heavy atom. The number of halogens is 1. The molecule has 2 aromatic rings. The molecule has 0 aliphatic rings. The summed E-state index contributed by atoms with van der Waals surface area (Å²) in [4.78, 5) is 4.47. The van der Waals surface area contributed by atoms with Crippen LogP contribution >= 0.6 is 11.3 Å². The van der Waals surface area contributed by atoms with Crippen LogP contribution in [0.3, 0.4) is 0 Å². The first-order valence-corrected chi connectivity index (χ1v) is 6.88. The maximum atomic E-state index is 12.9. The van der Waals surface area contributed by atoms with Crippen LogP contribution in [0.25, 0.3) is 0 Å². The molecule has 0 saturated carbocycles. The van der Waals surface area contributed by atoms with Gasteiger partial charge >= 0.3 is 0 Å². The lowest BCUT2D eigenvalue weighted by Gasteiger charge is -2.18. The molecular weight excluding hydrogens is 247 g/mol. The van der Waals surface area contributed by atoms with Crippen LogP contribution in [0.4, 0.5) is 4.39 Å². The number of hydrogen-bond acceptors (Lipinski definition) is 3. The van der Waals surface area contributed by atoms with Crippen molar-refractivity contribution >= 4 is 11.3 Å². The summed E-state index contributed by atoms with van der Waals surface area (Å²) >= 11 is 1.66. The van der Waals surface area contributed by atoms with Crippen LogP contribution < -0.4 is 5.32 Å². The standard InChI is InChI=1S/C14H17FN2S/c1-9-8-18-14(16-9)11(3)17-10(2)12-4-6-13(15)7-5-12/h4-8,10-11,17H,1-3H3.